The minimum Gasteiger partial charge on any atom is -0.496 e. The highest BCUT2D eigenvalue weighted by molar-refractivity contribution is 6.31. The summed E-state index contributed by atoms with van der Waals surface area (Å²) in [4.78, 5) is 31.1. The van der Waals surface area contributed by atoms with E-state index in [4.69, 9.17) is 36.0 Å². The van der Waals surface area contributed by atoms with E-state index in [-0.39, 0.29) is 11.6 Å². The first kappa shape index (κ1) is 23.7. The molecule has 10 heteroatoms. The van der Waals surface area contributed by atoms with Crippen molar-refractivity contribution in [2.75, 3.05) is 31.6 Å². The van der Waals surface area contributed by atoms with Crippen LogP contribution in [-0.4, -0.2) is 68.4 Å². The zero-order valence-corrected chi connectivity index (χ0v) is 21.8. The second kappa shape index (κ2) is 8.26. The van der Waals surface area contributed by atoms with Gasteiger partial charge in [-0.1, -0.05) is 11.6 Å². The summed E-state index contributed by atoms with van der Waals surface area (Å²) < 4.78 is 13.1. The lowest BCUT2D eigenvalue weighted by atomic mass is 9.84. The fourth-order valence-corrected chi connectivity index (χ4v) is 5.37. The van der Waals surface area contributed by atoms with Crippen LogP contribution < -0.4 is 9.64 Å². The molecule has 0 bridgehead atoms. The van der Waals surface area contributed by atoms with E-state index in [1.807, 2.05) is 50.3 Å². The maximum Gasteiger partial charge on any atom is 0.410 e. The van der Waals surface area contributed by atoms with Crippen molar-refractivity contribution in [3.8, 4) is 17.1 Å². The number of hydrogen-bond donors (Lipinski definition) is 0. The molecule has 1 spiro atoms. The van der Waals surface area contributed by atoms with E-state index in [1.165, 1.54) is 0 Å². The number of hydrogen-bond acceptors (Lipinski definition) is 7. The van der Waals surface area contributed by atoms with Gasteiger partial charge in [-0.25, -0.2) is 19.7 Å². The van der Waals surface area contributed by atoms with Gasteiger partial charge in [0.15, 0.2) is 11.3 Å². The molecule has 3 aromatic rings. The van der Waals surface area contributed by atoms with E-state index in [2.05, 4.69) is 4.90 Å². The van der Waals surface area contributed by atoms with Gasteiger partial charge in [0.25, 0.3) is 0 Å². The Labute approximate surface area is 210 Å². The van der Waals surface area contributed by atoms with Crippen molar-refractivity contribution >= 4 is 34.8 Å². The number of nitrogens with zero attached hydrogens (tertiary/aromatic N) is 6. The monoisotopic (exact) mass is 498 g/mol. The van der Waals surface area contributed by atoms with E-state index in [1.54, 1.807) is 19.4 Å². The molecule has 2 aromatic heterocycles. The fourth-order valence-electron chi connectivity index (χ4n) is 5.11. The van der Waals surface area contributed by atoms with Gasteiger partial charge in [0.1, 0.15) is 23.0 Å². The molecule has 0 radical (unpaired) electrons. The average Bonchev–Trinajstić information content (AvgIpc) is 3.34. The standard InChI is InChI=1S/C25H31ClN6O3/c1-15-11-16(26)12-17(34-6)19(15)21-29-20-22(30(21)5)27-13-18(28-20)31-9-7-25(14-31)8-10-32(25)23(33)35-24(2,3)4/h11-13H,7-10,14H2,1-6H3. The predicted octanol–water partition coefficient (Wildman–Crippen LogP) is 4.59. The summed E-state index contributed by atoms with van der Waals surface area (Å²) >= 11 is 6.23. The predicted molar refractivity (Wildman–Crippen MR) is 135 cm³/mol. The Hall–Kier alpha value is -3.07. The second-order valence-electron chi connectivity index (χ2n) is 10.4. The van der Waals surface area contributed by atoms with Gasteiger partial charge < -0.3 is 23.8 Å². The van der Waals surface area contributed by atoms with Crippen LogP contribution in [0.3, 0.4) is 0 Å². The Morgan fingerprint density at radius 2 is 1.91 bits per heavy atom. The molecule has 2 aliphatic rings. The Bertz CT molecular complexity index is 1320. The number of ether oxygens (including phenoxy) is 2. The van der Waals surface area contributed by atoms with Gasteiger partial charge in [0, 0.05) is 31.7 Å². The Kier molecular flexibility index (Phi) is 5.58. The molecule has 1 aromatic carbocycles. The van der Waals surface area contributed by atoms with Gasteiger partial charge in [-0.3, -0.25) is 0 Å². The number of aryl methyl sites for hydroxylation is 2. The number of aromatic nitrogens is 4. The number of fused-ring (bicyclic) bond motifs is 1. The minimum atomic E-state index is -0.509. The molecule has 5 rings (SSSR count). The molecule has 1 atom stereocenters. The summed E-state index contributed by atoms with van der Waals surface area (Å²) in [5, 5.41) is 0.611. The Morgan fingerprint density at radius 3 is 2.57 bits per heavy atom. The van der Waals surface area contributed by atoms with Crippen molar-refractivity contribution < 1.29 is 14.3 Å². The minimum absolute atomic E-state index is 0.206. The smallest absolute Gasteiger partial charge is 0.410 e. The molecule has 9 nitrogen and oxygen atoms in total. The number of amides is 1. The number of halogens is 1. The van der Waals surface area contributed by atoms with Crippen LogP contribution in [-0.2, 0) is 11.8 Å². The van der Waals surface area contributed by atoms with Gasteiger partial charge in [0.2, 0.25) is 0 Å². The number of benzene rings is 1. The lowest BCUT2D eigenvalue weighted by molar-refractivity contribution is -0.0362. The number of rotatable bonds is 3. The largest absolute Gasteiger partial charge is 0.496 e. The molecule has 0 N–H and O–H groups in total. The SMILES string of the molecule is COc1cc(Cl)cc(C)c1-c1nc2nc(N3CCC4(CCN4C(=O)OC(C)(C)C)C3)cnc2n1C. The van der Waals surface area contributed by atoms with Crippen molar-refractivity contribution in [3.05, 3.63) is 28.9 Å². The van der Waals surface area contributed by atoms with Crippen LogP contribution in [0.4, 0.5) is 10.6 Å². The molecule has 35 heavy (non-hydrogen) atoms. The van der Waals surface area contributed by atoms with Gasteiger partial charge in [-0.15, -0.1) is 0 Å². The fraction of sp³-hybridized carbons (Fsp3) is 0.520. The third-order valence-corrected chi connectivity index (χ3v) is 7.14. The van der Waals surface area contributed by atoms with E-state index in [0.29, 0.717) is 28.6 Å². The zero-order valence-electron chi connectivity index (χ0n) is 21.1. The molecule has 186 valence electrons. The molecule has 0 saturated carbocycles. The summed E-state index contributed by atoms with van der Waals surface area (Å²) in [6.07, 6.45) is 3.38. The first-order valence-electron chi connectivity index (χ1n) is 11.8. The quantitative estimate of drug-likeness (QED) is 0.522. The summed E-state index contributed by atoms with van der Waals surface area (Å²) in [7, 11) is 3.54. The van der Waals surface area contributed by atoms with Crippen LogP contribution in [0.25, 0.3) is 22.7 Å². The number of carbonyl (C=O) groups is 1. The molecule has 2 fully saturated rings. The van der Waals surface area contributed by atoms with Crippen LogP contribution >= 0.6 is 11.6 Å². The van der Waals surface area contributed by atoms with Gasteiger partial charge >= 0.3 is 6.09 Å². The Morgan fingerprint density at radius 1 is 1.17 bits per heavy atom. The first-order valence-corrected chi connectivity index (χ1v) is 12.2. The van der Waals surface area contributed by atoms with Crippen molar-refractivity contribution in [3.63, 3.8) is 0 Å². The molecule has 1 unspecified atom stereocenters. The third-order valence-electron chi connectivity index (χ3n) is 6.92. The van der Waals surface area contributed by atoms with E-state index < -0.39 is 5.60 Å². The zero-order chi connectivity index (χ0) is 25.1. The highest BCUT2D eigenvalue weighted by Crippen LogP contribution is 2.41. The summed E-state index contributed by atoms with van der Waals surface area (Å²) in [6.45, 7) is 9.88. The van der Waals surface area contributed by atoms with Crippen LogP contribution in [0.15, 0.2) is 18.3 Å². The number of carbonyl (C=O) groups excluding carboxylic acids is 1. The lowest BCUT2D eigenvalue weighted by Gasteiger charge is -2.50. The summed E-state index contributed by atoms with van der Waals surface area (Å²) in [5.41, 5.74) is 2.36. The van der Waals surface area contributed by atoms with E-state index >= 15 is 0 Å². The van der Waals surface area contributed by atoms with Gasteiger partial charge in [-0.05, 0) is 58.2 Å². The van der Waals surface area contributed by atoms with Crippen LogP contribution in [0, 0.1) is 6.92 Å². The number of methoxy groups -OCH3 is 1. The van der Waals surface area contributed by atoms with Crippen LogP contribution in [0.1, 0.15) is 39.2 Å². The maximum atomic E-state index is 12.7. The summed E-state index contributed by atoms with van der Waals surface area (Å²) in [6, 6.07) is 3.68. The molecular formula is C25H31ClN6O3. The molecule has 1 amide bonds. The number of anilines is 1. The first-order chi connectivity index (χ1) is 16.5. The Balaban J connectivity index is 1.43. The molecular weight excluding hydrogens is 468 g/mol. The van der Waals surface area contributed by atoms with E-state index in [9.17, 15) is 4.79 Å². The van der Waals surface area contributed by atoms with Crippen molar-refractivity contribution in [2.24, 2.45) is 7.05 Å². The molecule has 2 saturated heterocycles. The molecule has 0 aliphatic carbocycles. The summed E-state index contributed by atoms with van der Waals surface area (Å²) in [5.74, 6) is 2.13. The maximum absolute atomic E-state index is 12.7. The van der Waals surface area contributed by atoms with Gasteiger partial charge in [0.05, 0.1) is 24.4 Å². The van der Waals surface area contributed by atoms with Crippen LogP contribution in [0.5, 0.6) is 5.75 Å². The number of likely N-dealkylation sites (tertiary alicyclic amines) is 1. The highest BCUT2D eigenvalue weighted by Gasteiger charge is 2.53. The van der Waals surface area contributed by atoms with Crippen LogP contribution in [0.2, 0.25) is 5.02 Å². The normalized spacial score (nSPS) is 20.0. The number of imidazole rings is 1. The van der Waals surface area contributed by atoms with Crippen molar-refractivity contribution in [1.29, 1.82) is 0 Å². The lowest BCUT2D eigenvalue weighted by Crippen LogP contribution is -2.64. The van der Waals surface area contributed by atoms with Crippen molar-refractivity contribution in [1.82, 2.24) is 24.4 Å². The average molecular weight is 499 g/mol. The van der Waals surface area contributed by atoms with Gasteiger partial charge in [-0.2, -0.15) is 0 Å². The second-order valence-corrected chi connectivity index (χ2v) is 10.9. The van der Waals surface area contributed by atoms with E-state index in [0.717, 1.165) is 48.7 Å². The highest BCUT2D eigenvalue weighted by atomic mass is 35.5. The topological polar surface area (TPSA) is 85.6 Å². The van der Waals surface area contributed by atoms with Crippen molar-refractivity contribution in [2.45, 2.75) is 51.7 Å². The molecule has 2 aliphatic heterocycles. The third kappa shape index (κ3) is 4.05. The molecule has 4 heterocycles.